The average Bonchev–Trinajstić information content (AvgIpc) is 3.25. The van der Waals surface area contributed by atoms with Gasteiger partial charge >= 0.3 is 0 Å². The second-order valence-electron chi connectivity index (χ2n) is 7.87. The van der Waals surface area contributed by atoms with Crippen LogP contribution in [0, 0.1) is 25.7 Å². The minimum Gasteiger partial charge on any atom is -0.335 e. The van der Waals surface area contributed by atoms with Crippen LogP contribution in [0.25, 0.3) is 0 Å². The summed E-state index contributed by atoms with van der Waals surface area (Å²) in [5.41, 5.74) is 2.85. The predicted molar refractivity (Wildman–Crippen MR) is 108 cm³/mol. The molecular formula is C23H26N4O. The summed E-state index contributed by atoms with van der Waals surface area (Å²) in [6, 6.07) is 14.1. The van der Waals surface area contributed by atoms with Gasteiger partial charge in [0, 0.05) is 25.5 Å². The topological polar surface area (TPSA) is 59.0 Å². The van der Waals surface area contributed by atoms with Crippen molar-refractivity contribution in [3.63, 3.8) is 0 Å². The lowest BCUT2D eigenvalue weighted by Crippen LogP contribution is -2.31. The van der Waals surface area contributed by atoms with Crippen molar-refractivity contribution in [1.29, 1.82) is 0 Å². The van der Waals surface area contributed by atoms with Gasteiger partial charge < -0.3 is 4.90 Å². The molecule has 0 spiro atoms. The van der Waals surface area contributed by atoms with E-state index in [9.17, 15) is 4.79 Å². The maximum Gasteiger partial charge on any atom is 0.291 e. The highest BCUT2D eigenvalue weighted by Gasteiger charge is 2.43. The van der Waals surface area contributed by atoms with Gasteiger partial charge in [0.05, 0.1) is 0 Å². The number of aryl methyl sites for hydroxylation is 2. The number of benzene rings is 1. The van der Waals surface area contributed by atoms with Gasteiger partial charge in [0.15, 0.2) is 0 Å². The number of fused-ring (bicyclic) bond motifs is 1. The molecule has 0 bridgehead atoms. The first-order valence-electron chi connectivity index (χ1n) is 9.95. The summed E-state index contributed by atoms with van der Waals surface area (Å²) in [5, 5.41) is 0. The molecule has 2 fully saturated rings. The smallest absolute Gasteiger partial charge is 0.291 e. The fraction of sp³-hybridized carbons (Fsp3) is 0.391. The molecule has 0 radical (unpaired) electrons. The minimum atomic E-state index is -0.0920. The lowest BCUT2D eigenvalue weighted by molar-refractivity contribution is 0.0767. The van der Waals surface area contributed by atoms with E-state index in [1.807, 2.05) is 17.0 Å². The number of carbonyl (C=O) groups is 1. The first-order chi connectivity index (χ1) is 13.6. The van der Waals surface area contributed by atoms with Crippen LogP contribution < -0.4 is 0 Å². The Morgan fingerprint density at radius 1 is 0.929 bits per heavy atom. The number of carbonyl (C=O) groups excluding carboxylic acids is 1. The molecule has 1 aromatic heterocycles. The zero-order valence-electron chi connectivity index (χ0n) is 16.5. The molecule has 4 rings (SSSR count). The number of nitrogens with zero attached hydrogens (tertiary/aromatic N) is 4. The van der Waals surface area contributed by atoms with E-state index in [4.69, 9.17) is 0 Å². The molecule has 1 aliphatic heterocycles. The van der Waals surface area contributed by atoms with Crippen LogP contribution in [-0.4, -0.2) is 38.8 Å². The van der Waals surface area contributed by atoms with Crippen LogP contribution in [0.2, 0.25) is 0 Å². The molecular weight excluding hydrogens is 348 g/mol. The molecule has 0 N–H and O–H groups in total. The summed E-state index contributed by atoms with van der Waals surface area (Å²) in [4.78, 5) is 27.8. The van der Waals surface area contributed by atoms with E-state index < -0.39 is 0 Å². The van der Waals surface area contributed by atoms with Crippen LogP contribution >= 0.6 is 0 Å². The summed E-state index contributed by atoms with van der Waals surface area (Å²) in [6.45, 7) is 5.57. The second-order valence-corrected chi connectivity index (χ2v) is 7.87. The molecule has 1 unspecified atom stereocenters. The van der Waals surface area contributed by atoms with Gasteiger partial charge in [-0.15, -0.1) is 0 Å². The number of hydrogen-bond donors (Lipinski definition) is 0. The van der Waals surface area contributed by atoms with E-state index in [1.165, 1.54) is 11.1 Å². The Hall–Kier alpha value is -2.82. The largest absolute Gasteiger partial charge is 0.335 e. The van der Waals surface area contributed by atoms with Crippen molar-refractivity contribution in [2.75, 3.05) is 13.1 Å². The molecule has 1 aromatic carbocycles. The van der Waals surface area contributed by atoms with Gasteiger partial charge in [0.1, 0.15) is 5.82 Å². The van der Waals surface area contributed by atoms with E-state index in [0.717, 1.165) is 25.9 Å². The van der Waals surface area contributed by atoms with E-state index in [2.05, 4.69) is 46.1 Å². The van der Waals surface area contributed by atoms with Gasteiger partial charge in [-0.3, -0.25) is 4.79 Å². The molecule has 1 amide bonds. The summed E-state index contributed by atoms with van der Waals surface area (Å²) in [6.07, 6.45) is 5.60. The van der Waals surface area contributed by atoms with Gasteiger partial charge in [-0.05, 0) is 67.7 Å². The summed E-state index contributed by atoms with van der Waals surface area (Å²) >= 11 is 0. The van der Waals surface area contributed by atoms with Gasteiger partial charge in [-0.1, -0.05) is 30.3 Å². The number of amides is 1. The molecule has 5 nitrogen and oxygen atoms in total. The number of likely N-dealkylation sites (tertiary alicyclic amines) is 1. The maximum absolute atomic E-state index is 13.0. The Morgan fingerprint density at radius 2 is 1.61 bits per heavy atom. The highest BCUT2D eigenvalue weighted by atomic mass is 16.2. The number of hydrogen-bond acceptors (Lipinski definition) is 4. The zero-order valence-corrected chi connectivity index (χ0v) is 16.5. The third-order valence-corrected chi connectivity index (χ3v) is 5.98. The van der Waals surface area contributed by atoms with Crippen molar-refractivity contribution < 1.29 is 4.79 Å². The molecule has 2 aromatic rings. The van der Waals surface area contributed by atoms with Crippen LogP contribution in [0.1, 0.15) is 46.3 Å². The Kier molecular flexibility index (Phi) is 5.33. The van der Waals surface area contributed by atoms with Gasteiger partial charge in [-0.25, -0.2) is 15.0 Å². The summed E-state index contributed by atoms with van der Waals surface area (Å²) < 4.78 is 0. The molecule has 2 aliphatic rings. The lowest BCUT2D eigenvalue weighted by Gasteiger charge is -2.19. The Bertz CT molecular complexity index is 914. The van der Waals surface area contributed by atoms with E-state index in [1.54, 1.807) is 25.4 Å². The second kappa shape index (κ2) is 8.05. The Balaban J connectivity index is 1.49. The fourth-order valence-electron chi connectivity index (χ4n) is 4.65. The van der Waals surface area contributed by atoms with E-state index >= 15 is 0 Å². The summed E-state index contributed by atoms with van der Waals surface area (Å²) in [5.74, 6) is 2.41. The predicted octanol–water partition coefficient (Wildman–Crippen LogP) is 3.88. The highest BCUT2D eigenvalue weighted by Crippen LogP contribution is 2.46. The monoisotopic (exact) mass is 374 g/mol. The summed E-state index contributed by atoms with van der Waals surface area (Å²) in [7, 11) is 0. The fourth-order valence-corrected chi connectivity index (χ4v) is 4.65. The van der Waals surface area contributed by atoms with Crippen molar-refractivity contribution in [3.05, 3.63) is 77.6 Å². The normalized spacial score (nSPS) is 23.2. The van der Waals surface area contributed by atoms with Gasteiger partial charge in [-0.2, -0.15) is 0 Å². The molecule has 5 heteroatoms. The van der Waals surface area contributed by atoms with E-state index in [-0.39, 0.29) is 11.7 Å². The van der Waals surface area contributed by atoms with Crippen LogP contribution in [-0.2, 0) is 0 Å². The van der Waals surface area contributed by atoms with Crippen LogP contribution in [0.5, 0.6) is 0 Å². The van der Waals surface area contributed by atoms with Crippen molar-refractivity contribution >= 4 is 5.91 Å². The quantitative estimate of drug-likeness (QED) is 0.800. The third-order valence-electron chi connectivity index (χ3n) is 5.98. The van der Waals surface area contributed by atoms with Gasteiger partial charge in [0.2, 0.25) is 5.82 Å². The number of aromatic nitrogens is 3. The van der Waals surface area contributed by atoms with E-state index in [0.29, 0.717) is 23.6 Å². The SMILES string of the molecule is Cc1ncccccnc(C(=O)N2C[C@H]3CC(c4ccccc4C)C[C@H]3C2)n1. The van der Waals surface area contributed by atoms with Crippen LogP contribution in [0.15, 0.2) is 54.9 Å². The number of rotatable bonds is 2. The van der Waals surface area contributed by atoms with Crippen molar-refractivity contribution in [3.8, 4) is 0 Å². The Morgan fingerprint density at radius 3 is 2.32 bits per heavy atom. The third kappa shape index (κ3) is 3.88. The molecule has 1 aliphatic carbocycles. The molecule has 144 valence electrons. The highest BCUT2D eigenvalue weighted by molar-refractivity contribution is 5.90. The van der Waals surface area contributed by atoms with Crippen molar-refractivity contribution in [1.82, 2.24) is 19.9 Å². The maximum atomic E-state index is 13.0. The first kappa shape index (κ1) is 18.5. The minimum absolute atomic E-state index is 0.0920. The average molecular weight is 374 g/mol. The van der Waals surface area contributed by atoms with Crippen molar-refractivity contribution in [2.24, 2.45) is 11.8 Å². The van der Waals surface area contributed by atoms with Crippen LogP contribution in [0.3, 0.4) is 0 Å². The molecule has 28 heavy (non-hydrogen) atoms. The molecule has 2 heterocycles. The van der Waals surface area contributed by atoms with Gasteiger partial charge in [0.25, 0.3) is 5.91 Å². The lowest BCUT2D eigenvalue weighted by atomic mass is 9.92. The standard InChI is InChI=1S/C23H26N4O/c1-16-8-4-5-9-21(16)18-12-19-14-27(15-20(19)13-18)23(28)22-25-11-7-3-6-10-24-17(2)26-22/h3-11,18-20H,12-15H2,1-2H3/t18?,19-,20+. The first-order valence-corrected chi connectivity index (χ1v) is 9.95. The zero-order chi connectivity index (χ0) is 19.5. The molecule has 3 atom stereocenters. The van der Waals surface area contributed by atoms with Crippen molar-refractivity contribution in [2.45, 2.75) is 32.6 Å². The van der Waals surface area contributed by atoms with Crippen LogP contribution in [0.4, 0.5) is 0 Å². The Labute approximate surface area is 166 Å². The molecule has 1 saturated heterocycles. The molecule has 1 saturated carbocycles.